The van der Waals surface area contributed by atoms with Gasteiger partial charge in [0.25, 0.3) is 0 Å². The Labute approximate surface area is 114 Å². The molecule has 1 heterocycles. The summed E-state index contributed by atoms with van der Waals surface area (Å²) >= 11 is 3.32. The van der Waals surface area contributed by atoms with Gasteiger partial charge < -0.3 is 5.73 Å². The van der Waals surface area contributed by atoms with Crippen molar-refractivity contribution in [1.29, 1.82) is 5.26 Å². The van der Waals surface area contributed by atoms with E-state index < -0.39 is 5.41 Å². The molecule has 0 fully saturated rings. The molecule has 0 saturated carbocycles. The Hall–Kier alpha value is -1.41. The quantitative estimate of drug-likeness (QED) is 0.865. The predicted molar refractivity (Wildman–Crippen MR) is 71.4 cm³/mol. The van der Waals surface area contributed by atoms with Crippen LogP contribution >= 0.6 is 15.9 Å². The molecule has 0 saturated heterocycles. The Balaban J connectivity index is 2.38. The van der Waals surface area contributed by atoms with E-state index in [4.69, 9.17) is 11.0 Å². The van der Waals surface area contributed by atoms with E-state index in [0.717, 1.165) is 4.47 Å². The fourth-order valence-corrected chi connectivity index (χ4v) is 2.42. The number of amidine groups is 1. The van der Waals surface area contributed by atoms with Gasteiger partial charge in [-0.15, -0.1) is 0 Å². The Morgan fingerprint density at radius 3 is 2.94 bits per heavy atom. The number of nitrogens with two attached hydrogens (primary N) is 1. The van der Waals surface area contributed by atoms with E-state index in [1.165, 1.54) is 6.07 Å². The van der Waals surface area contributed by atoms with Crippen LogP contribution in [0.4, 0.5) is 4.39 Å². The first-order chi connectivity index (χ1) is 8.46. The maximum atomic E-state index is 13.8. The van der Waals surface area contributed by atoms with Crippen LogP contribution in [0.2, 0.25) is 0 Å². The molecule has 1 aliphatic heterocycles. The Bertz CT molecular complexity index is 550. The molecule has 0 amide bonds. The molecule has 2 rings (SSSR count). The monoisotopic (exact) mass is 309 g/mol. The van der Waals surface area contributed by atoms with Crippen molar-refractivity contribution in [2.45, 2.75) is 25.8 Å². The zero-order chi connectivity index (χ0) is 13.3. The molecule has 1 aromatic carbocycles. The van der Waals surface area contributed by atoms with Crippen molar-refractivity contribution in [1.82, 2.24) is 0 Å². The van der Waals surface area contributed by atoms with E-state index in [1.54, 1.807) is 19.1 Å². The number of nitrogens with zero attached hydrogens (tertiary/aromatic N) is 2. The lowest BCUT2D eigenvalue weighted by molar-refractivity contribution is 0.437. The molecular weight excluding hydrogens is 297 g/mol. The number of hydrogen-bond acceptors (Lipinski definition) is 3. The second-order valence-corrected chi connectivity index (χ2v) is 5.59. The summed E-state index contributed by atoms with van der Waals surface area (Å²) in [6.45, 7) is 1.76. The molecule has 2 N–H and O–H groups in total. The molecule has 1 aromatic rings. The van der Waals surface area contributed by atoms with Crippen LogP contribution in [-0.4, -0.2) is 5.84 Å². The van der Waals surface area contributed by atoms with Gasteiger partial charge in [-0.05, 0) is 38.0 Å². The summed E-state index contributed by atoms with van der Waals surface area (Å²) in [6, 6.07) is 6.63. The molecule has 0 aliphatic carbocycles. The van der Waals surface area contributed by atoms with Crippen LogP contribution < -0.4 is 5.73 Å². The van der Waals surface area contributed by atoms with Crippen molar-refractivity contribution in [2.24, 2.45) is 16.1 Å². The molecule has 0 bridgehead atoms. The zero-order valence-corrected chi connectivity index (χ0v) is 11.5. The first-order valence-electron chi connectivity index (χ1n) is 5.66. The number of hydrogen-bond donors (Lipinski definition) is 1. The number of benzene rings is 1. The van der Waals surface area contributed by atoms with Gasteiger partial charge in [0.15, 0.2) is 0 Å². The fraction of sp³-hybridized carbons (Fsp3) is 0.385. The summed E-state index contributed by atoms with van der Waals surface area (Å²) in [5.74, 6) is 0.000867. The Morgan fingerprint density at radius 2 is 2.33 bits per heavy atom. The zero-order valence-electron chi connectivity index (χ0n) is 9.95. The molecular formula is C13H13BrFN3. The fourth-order valence-electron chi connectivity index (χ4n) is 2.04. The van der Waals surface area contributed by atoms with E-state index in [1.807, 2.05) is 0 Å². The third kappa shape index (κ3) is 2.25. The average Bonchev–Trinajstić information content (AvgIpc) is 2.36. The molecule has 0 aromatic heterocycles. The van der Waals surface area contributed by atoms with Crippen LogP contribution in [0.3, 0.4) is 0 Å². The summed E-state index contributed by atoms with van der Waals surface area (Å²) in [7, 11) is 0. The molecule has 1 aliphatic rings. The van der Waals surface area contributed by atoms with Gasteiger partial charge in [0.1, 0.15) is 17.1 Å². The summed E-state index contributed by atoms with van der Waals surface area (Å²) in [6.07, 6.45) is 1.22. The van der Waals surface area contributed by atoms with Gasteiger partial charge in [0.2, 0.25) is 0 Å². The van der Waals surface area contributed by atoms with Crippen molar-refractivity contribution >= 4 is 21.8 Å². The summed E-state index contributed by atoms with van der Waals surface area (Å²) in [4.78, 5) is 4.29. The summed E-state index contributed by atoms with van der Waals surface area (Å²) in [5.41, 5.74) is 5.63. The summed E-state index contributed by atoms with van der Waals surface area (Å²) < 4.78 is 14.6. The van der Waals surface area contributed by atoms with Gasteiger partial charge in [-0.3, -0.25) is 4.99 Å². The first kappa shape index (κ1) is 13.0. The van der Waals surface area contributed by atoms with Gasteiger partial charge in [-0.2, -0.15) is 5.26 Å². The van der Waals surface area contributed by atoms with Gasteiger partial charge in [0, 0.05) is 10.0 Å². The minimum absolute atomic E-state index is 0.291. The minimum atomic E-state index is -0.723. The molecule has 0 radical (unpaired) electrons. The lowest BCUT2D eigenvalue weighted by Gasteiger charge is -2.29. The Kier molecular flexibility index (Phi) is 3.40. The van der Waals surface area contributed by atoms with E-state index in [9.17, 15) is 4.39 Å². The van der Waals surface area contributed by atoms with Gasteiger partial charge in [-0.1, -0.05) is 15.9 Å². The van der Waals surface area contributed by atoms with Crippen molar-refractivity contribution in [3.63, 3.8) is 0 Å². The standard InChI is InChI=1S/C13H13BrFN3/c1-13(7-16)5-4-11(18-12(13)17)9-6-8(14)2-3-10(9)15/h2-3,6,11H,4-5H2,1H3,(H2,17,18). The van der Waals surface area contributed by atoms with Crippen LogP contribution in [0.1, 0.15) is 31.4 Å². The molecule has 18 heavy (non-hydrogen) atoms. The highest BCUT2D eigenvalue weighted by Gasteiger charge is 2.35. The normalized spacial score (nSPS) is 27.4. The molecule has 5 heteroatoms. The van der Waals surface area contributed by atoms with Gasteiger partial charge in [0.05, 0.1) is 12.1 Å². The largest absolute Gasteiger partial charge is 0.386 e. The average molecular weight is 310 g/mol. The lowest BCUT2D eigenvalue weighted by atomic mass is 9.80. The maximum absolute atomic E-state index is 13.8. The number of aliphatic imine (C=N–C) groups is 1. The van der Waals surface area contributed by atoms with E-state index in [0.29, 0.717) is 24.2 Å². The van der Waals surface area contributed by atoms with Crippen molar-refractivity contribution in [3.8, 4) is 6.07 Å². The smallest absolute Gasteiger partial charge is 0.128 e. The molecule has 2 atom stereocenters. The van der Waals surface area contributed by atoms with Crippen LogP contribution in [-0.2, 0) is 0 Å². The molecule has 3 nitrogen and oxygen atoms in total. The maximum Gasteiger partial charge on any atom is 0.128 e. The Morgan fingerprint density at radius 1 is 1.61 bits per heavy atom. The van der Waals surface area contributed by atoms with E-state index in [-0.39, 0.29) is 11.9 Å². The molecule has 2 unspecified atom stereocenters. The van der Waals surface area contributed by atoms with E-state index in [2.05, 4.69) is 27.0 Å². The summed E-state index contributed by atoms with van der Waals surface area (Å²) in [5, 5.41) is 9.08. The third-order valence-corrected chi connectivity index (χ3v) is 3.84. The number of nitriles is 1. The highest BCUT2D eigenvalue weighted by molar-refractivity contribution is 9.10. The van der Waals surface area contributed by atoms with Crippen LogP contribution in [0.25, 0.3) is 0 Å². The predicted octanol–water partition coefficient (Wildman–Crippen LogP) is 3.31. The van der Waals surface area contributed by atoms with Crippen LogP contribution in [0, 0.1) is 22.6 Å². The second-order valence-electron chi connectivity index (χ2n) is 4.68. The van der Waals surface area contributed by atoms with Crippen molar-refractivity contribution < 1.29 is 4.39 Å². The third-order valence-electron chi connectivity index (χ3n) is 3.34. The lowest BCUT2D eigenvalue weighted by Crippen LogP contribution is -2.37. The SMILES string of the molecule is CC1(C#N)CCC(c2cc(Br)ccc2F)N=C1N. The molecule has 94 valence electrons. The van der Waals surface area contributed by atoms with Gasteiger partial charge in [-0.25, -0.2) is 4.39 Å². The van der Waals surface area contributed by atoms with Crippen LogP contribution in [0.15, 0.2) is 27.7 Å². The van der Waals surface area contributed by atoms with Crippen molar-refractivity contribution in [2.75, 3.05) is 0 Å². The van der Waals surface area contributed by atoms with Gasteiger partial charge >= 0.3 is 0 Å². The van der Waals surface area contributed by atoms with E-state index >= 15 is 0 Å². The number of halogens is 2. The van der Waals surface area contributed by atoms with Crippen molar-refractivity contribution in [3.05, 3.63) is 34.1 Å². The highest BCUT2D eigenvalue weighted by Crippen LogP contribution is 2.37. The first-order valence-corrected chi connectivity index (χ1v) is 6.45. The number of rotatable bonds is 1. The van der Waals surface area contributed by atoms with Crippen LogP contribution in [0.5, 0.6) is 0 Å². The highest BCUT2D eigenvalue weighted by atomic mass is 79.9. The second kappa shape index (κ2) is 4.69. The minimum Gasteiger partial charge on any atom is -0.386 e. The molecule has 0 spiro atoms. The topological polar surface area (TPSA) is 62.2 Å².